The topological polar surface area (TPSA) is 47.9 Å². The molecule has 1 radical (unpaired) electrons. The van der Waals surface area contributed by atoms with Crippen LogP contribution in [0.25, 0.3) is 0 Å². The van der Waals surface area contributed by atoms with Crippen LogP contribution in [0.2, 0.25) is 0 Å². The van der Waals surface area contributed by atoms with E-state index in [1.807, 2.05) is 24.3 Å². The molecule has 1 N–H and O–H groups in total. The maximum absolute atomic E-state index is 8.62. The second kappa shape index (κ2) is 7.59. The average Bonchev–Trinajstić information content (AvgIpc) is 2.45. The maximum Gasteiger partial charge on any atom is 0.493 e. The van der Waals surface area contributed by atoms with Gasteiger partial charge in [0.15, 0.2) is 0 Å². The molecule has 0 amide bonds. The molecule has 1 aliphatic heterocycles. The number of rotatable bonds is 6. The van der Waals surface area contributed by atoms with Crippen LogP contribution in [0.4, 0.5) is 0 Å². The van der Waals surface area contributed by atoms with E-state index in [4.69, 9.17) is 19.1 Å². The Bertz CT molecular complexity index is 338. The first kappa shape index (κ1) is 13.6. The zero-order valence-corrected chi connectivity index (χ0v) is 10.4. The Labute approximate surface area is 109 Å². The first-order valence-electron chi connectivity index (χ1n) is 6.29. The van der Waals surface area contributed by atoms with Gasteiger partial charge in [0.25, 0.3) is 0 Å². The van der Waals surface area contributed by atoms with Crippen LogP contribution in [-0.2, 0) is 14.0 Å². The highest BCUT2D eigenvalue weighted by molar-refractivity contribution is 6.61. The summed E-state index contributed by atoms with van der Waals surface area (Å²) in [5, 5.41) is 8.62. The molecule has 1 saturated heterocycles. The van der Waals surface area contributed by atoms with Crippen molar-refractivity contribution in [1.82, 2.24) is 0 Å². The van der Waals surface area contributed by atoms with E-state index in [9.17, 15) is 0 Å². The molecule has 0 unspecified atom stereocenters. The monoisotopic (exact) mass is 247 g/mol. The van der Waals surface area contributed by atoms with Gasteiger partial charge in [0.2, 0.25) is 0 Å². The van der Waals surface area contributed by atoms with E-state index < -0.39 is 0 Å². The molecule has 1 aromatic carbocycles. The summed E-state index contributed by atoms with van der Waals surface area (Å²) in [6.45, 7) is 2.20. The zero-order valence-electron chi connectivity index (χ0n) is 10.4. The molecule has 0 bridgehead atoms. The molecule has 2 rings (SSSR count). The SMILES string of the molecule is OCCCO[B]c1ccc(B2OCCCO2)cc1. The van der Waals surface area contributed by atoms with Gasteiger partial charge in [0.1, 0.15) is 0 Å². The van der Waals surface area contributed by atoms with E-state index in [1.165, 1.54) is 0 Å². The lowest BCUT2D eigenvalue weighted by atomic mass is 9.76. The molecule has 0 saturated carbocycles. The van der Waals surface area contributed by atoms with Gasteiger partial charge in [-0.2, -0.15) is 0 Å². The normalized spacial score (nSPS) is 15.7. The molecule has 0 aliphatic carbocycles. The Balaban J connectivity index is 1.81. The van der Waals surface area contributed by atoms with Crippen molar-refractivity contribution in [3.63, 3.8) is 0 Å². The summed E-state index contributed by atoms with van der Waals surface area (Å²) in [5.74, 6) is 0. The lowest BCUT2D eigenvalue weighted by Crippen LogP contribution is -2.41. The molecule has 0 aromatic heterocycles. The Kier molecular flexibility index (Phi) is 5.74. The average molecular weight is 247 g/mol. The molecule has 4 nitrogen and oxygen atoms in total. The predicted octanol–water partition coefficient (Wildman–Crippen LogP) is -0.538. The minimum absolute atomic E-state index is 0.156. The summed E-state index contributed by atoms with van der Waals surface area (Å²) in [6.07, 6.45) is 1.61. The van der Waals surface area contributed by atoms with Crippen molar-refractivity contribution in [1.29, 1.82) is 0 Å². The molecule has 1 fully saturated rings. The van der Waals surface area contributed by atoms with Gasteiger partial charge in [-0.05, 0) is 18.3 Å². The van der Waals surface area contributed by atoms with Crippen LogP contribution in [0.3, 0.4) is 0 Å². The van der Waals surface area contributed by atoms with Crippen LogP contribution in [0.1, 0.15) is 12.8 Å². The zero-order chi connectivity index (χ0) is 12.6. The van der Waals surface area contributed by atoms with Gasteiger partial charge in [0, 0.05) is 26.4 Å². The third kappa shape index (κ3) is 4.14. The molecule has 0 atom stereocenters. The quantitative estimate of drug-likeness (QED) is 0.541. The smallest absolute Gasteiger partial charge is 0.434 e. The molecule has 95 valence electrons. The van der Waals surface area contributed by atoms with Gasteiger partial charge in [-0.1, -0.05) is 29.7 Å². The largest absolute Gasteiger partial charge is 0.493 e. The predicted molar refractivity (Wildman–Crippen MR) is 71.4 cm³/mol. The first-order chi connectivity index (χ1) is 8.90. The lowest BCUT2D eigenvalue weighted by Gasteiger charge is -2.19. The van der Waals surface area contributed by atoms with Crippen molar-refractivity contribution in [3.05, 3.63) is 24.3 Å². The van der Waals surface area contributed by atoms with Crippen molar-refractivity contribution in [3.8, 4) is 0 Å². The minimum atomic E-state index is -0.233. The van der Waals surface area contributed by atoms with Gasteiger partial charge in [0.05, 0.1) is 0 Å². The standard InChI is InChI=1S/C12H17B2O4/c15-7-1-8-16-13-11-3-5-12(6-4-11)14-17-9-2-10-18-14/h3-6,15H,1-2,7-10H2. The van der Waals surface area contributed by atoms with E-state index in [0.717, 1.165) is 30.6 Å². The summed E-state index contributed by atoms with van der Waals surface area (Å²) in [7, 11) is 1.46. The highest BCUT2D eigenvalue weighted by atomic mass is 16.6. The number of aliphatic hydroxyl groups excluding tert-OH is 1. The molecule has 1 aliphatic rings. The molecule has 6 heteroatoms. The molecular weight excluding hydrogens is 230 g/mol. The number of hydrogen-bond acceptors (Lipinski definition) is 4. The van der Waals surface area contributed by atoms with E-state index in [-0.39, 0.29) is 13.7 Å². The van der Waals surface area contributed by atoms with Gasteiger partial charge >= 0.3 is 14.6 Å². The van der Waals surface area contributed by atoms with E-state index in [2.05, 4.69) is 0 Å². The minimum Gasteiger partial charge on any atom is -0.434 e. The Morgan fingerprint density at radius 3 is 2.61 bits per heavy atom. The summed E-state index contributed by atoms with van der Waals surface area (Å²) < 4.78 is 16.3. The number of benzene rings is 1. The van der Waals surface area contributed by atoms with Crippen molar-refractivity contribution in [2.24, 2.45) is 0 Å². The number of aliphatic hydroxyl groups is 1. The van der Waals surface area contributed by atoms with Gasteiger partial charge in [-0.25, -0.2) is 0 Å². The first-order valence-corrected chi connectivity index (χ1v) is 6.29. The highest BCUT2D eigenvalue weighted by Gasteiger charge is 2.23. The summed E-state index contributed by atoms with van der Waals surface area (Å²) >= 11 is 0. The Morgan fingerprint density at radius 1 is 1.22 bits per heavy atom. The van der Waals surface area contributed by atoms with Crippen LogP contribution in [-0.4, -0.2) is 46.1 Å². The Morgan fingerprint density at radius 2 is 1.94 bits per heavy atom. The van der Waals surface area contributed by atoms with Crippen molar-refractivity contribution >= 4 is 25.5 Å². The number of hydrogen-bond donors (Lipinski definition) is 1. The van der Waals surface area contributed by atoms with Gasteiger partial charge < -0.3 is 19.1 Å². The highest BCUT2D eigenvalue weighted by Crippen LogP contribution is 2.01. The van der Waals surface area contributed by atoms with E-state index in [1.54, 1.807) is 7.48 Å². The molecule has 18 heavy (non-hydrogen) atoms. The maximum atomic E-state index is 8.62. The summed E-state index contributed by atoms with van der Waals surface area (Å²) in [6, 6.07) is 7.90. The third-order valence-corrected chi connectivity index (χ3v) is 2.68. The van der Waals surface area contributed by atoms with Crippen molar-refractivity contribution in [2.45, 2.75) is 12.8 Å². The summed E-state index contributed by atoms with van der Waals surface area (Å²) in [5.41, 5.74) is 2.02. The molecule has 1 aromatic rings. The van der Waals surface area contributed by atoms with Crippen molar-refractivity contribution < 1.29 is 19.1 Å². The fourth-order valence-electron chi connectivity index (χ4n) is 1.71. The van der Waals surface area contributed by atoms with E-state index in [0.29, 0.717) is 13.0 Å². The lowest BCUT2D eigenvalue weighted by molar-refractivity contribution is 0.143. The Hall–Kier alpha value is -0.810. The van der Waals surface area contributed by atoms with Gasteiger partial charge in [-0.15, -0.1) is 0 Å². The van der Waals surface area contributed by atoms with Crippen LogP contribution in [0.5, 0.6) is 0 Å². The fraction of sp³-hybridized carbons (Fsp3) is 0.500. The van der Waals surface area contributed by atoms with Crippen molar-refractivity contribution in [2.75, 3.05) is 26.4 Å². The second-order valence-corrected chi connectivity index (χ2v) is 4.16. The fourth-order valence-corrected chi connectivity index (χ4v) is 1.71. The molecule has 0 spiro atoms. The summed E-state index contributed by atoms with van der Waals surface area (Å²) in [4.78, 5) is 0. The molecular formula is C12H17B2O4. The van der Waals surface area contributed by atoms with Crippen LogP contribution in [0.15, 0.2) is 24.3 Å². The van der Waals surface area contributed by atoms with E-state index >= 15 is 0 Å². The second-order valence-electron chi connectivity index (χ2n) is 4.16. The van der Waals surface area contributed by atoms with Crippen LogP contribution >= 0.6 is 0 Å². The third-order valence-electron chi connectivity index (χ3n) is 2.68. The van der Waals surface area contributed by atoms with Gasteiger partial charge in [-0.3, -0.25) is 0 Å². The van der Waals surface area contributed by atoms with Crippen LogP contribution in [0, 0.1) is 0 Å². The molecule has 1 heterocycles. The van der Waals surface area contributed by atoms with Crippen LogP contribution < -0.4 is 10.9 Å².